The molecule has 1 saturated carbocycles. The molecule has 0 bridgehead atoms. The molecule has 1 aliphatic carbocycles. The van der Waals surface area contributed by atoms with Gasteiger partial charge in [0, 0.05) is 23.8 Å². The number of nitrogens with zero attached hydrogens (tertiary/aromatic N) is 1. The van der Waals surface area contributed by atoms with Crippen molar-refractivity contribution in [1.29, 1.82) is 0 Å². The highest BCUT2D eigenvalue weighted by atomic mass is 16.5. The van der Waals surface area contributed by atoms with Crippen molar-refractivity contribution < 1.29 is 9.53 Å². The fourth-order valence-electron chi connectivity index (χ4n) is 2.22. The van der Waals surface area contributed by atoms with Crippen LogP contribution in [0.25, 0.3) is 0 Å². The highest BCUT2D eigenvalue weighted by Gasteiger charge is 2.33. The van der Waals surface area contributed by atoms with E-state index in [0.717, 1.165) is 11.3 Å². The highest BCUT2D eigenvalue weighted by molar-refractivity contribution is 5.93. The van der Waals surface area contributed by atoms with Crippen LogP contribution in [0.4, 0.5) is 5.82 Å². The molecular formula is C16H24N2O2. The highest BCUT2D eigenvalue weighted by Crippen LogP contribution is 2.43. The van der Waals surface area contributed by atoms with Gasteiger partial charge in [0.25, 0.3) is 0 Å². The van der Waals surface area contributed by atoms with Crippen LogP contribution in [0.5, 0.6) is 0 Å². The van der Waals surface area contributed by atoms with Crippen molar-refractivity contribution in [3.05, 3.63) is 23.4 Å². The molecule has 0 radical (unpaired) electrons. The Bertz CT molecular complexity index is 502. The van der Waals surface area contributed by atoms with Crippen LogP contribution in [0, 0.1) is 18.3 Å². The largest absolute Gasteiger partial charge is 0.376 e. The van der Waals surface area contributed by atoms with E-state index in [1.165, 1.54) is 12.8 Å². The van der Waals surface area contributed by atoms with Gasteiger partial charge in [-0.3, -0.25) is 4.79 Å². The number of aromatic nitrogens is 1. The first-order valence-corrected chi connectivity index (χ1v) is 7.14. The molecule has 20 heavy (non-hydrogen) atoms. The molecule has 4 nitrogen and oxygen atoms in total. The molecule has 1 unspecified atom stereocenters. The van der Waals surface area contributed by atoms with Gasteiger partial charge in [0.15, 0.2) is 0 Å². The topological polar surface area (TPSA) is 51.2 Å². The van der Waals surface area contributed by atoms with Gasteiger partial charge in [0.05, 0.1) is 6.10 Å². The van der Waals surface area contributed by atoms with E-state index in [1.807, 2.05) is 39.8 Å². The average molecular weight is 276 g/mol. The number of carbonyl (C=O) groups excluding carboxylic acids is 1. The second-order valence-corrected chi connectivity index (χ2v) is 6.57. The Kier molecular flexibility index (Phi) is 4.14. The van der Waals surface area contributed by atoms with Crippen molar-refractivity contribution in [3.63, 3.8) is 0 Å². The van der Waals surface area contributed by atoms with Gasteiger partial charge in [-0.05, 0) is 31.7 Å². The van der Waals surface area contributed by atoms with Crippen molar-refractivity contribution in [3.8, 4) is 0 Å². The quantitative estimate of drug-likeness (QED) is 0.916. The monoisotopic (exact) mass is 276 g/mol. The van der Waals surface area contributed by atoms with Crippen molar-refractivity contribution in [2.45, 2.75) is 46.6 Å². The van der Waals surface area contributed by atoms with Crippen molar-refractivity contribution >= 4 is 11.7 Å². The summed E-state index contributed by atoms with van der Waals surface area (Å²) in [7, 11) is 1.75. The van der Waals surface area contributed by atoms with Crippen LogP contribution in [0.3, 0.4) is 0 Å². The molecule has 1 fully saturated rings. The molecule has 1 amide bonds. The molecule has 0 spiro atoms. The molecule has 0 saturated heterocycles. The number of nitrogens with one attached hydrogen (secondary N) is 1. The molecule has 1 aliphatic rings. The number of carbonyl (C=O) groups is 1. The van der Waals surface area contributed by atoms with Gasteiger partial charge in [0.2, 0.25) is 5.91 Å². The number of amides is 1. The van der Waals surface area contributed by atoms with Crippen LogP contribution >= 0.6 is 0 Å². The number of methoxy groups -OCH3 is 1. The zero-order chi connectivity index (χ0) is 14.9. The third kappa shape index (κ3) is 3.37. The van der Waals surface area contributed by atoms with E-state index < -0.39 is 5.41 Å². The van der Waals surface area contributed by atoms with Crippen LogP contribution in [0.15, 0.2) is 12.1 Å². The minimum absolute atomic E-state index is 0.0253. The van der Waals surface area contributed by atoms with E-state index in [4.69, 9.17) is 4.74 Å². The number of ether oxygens (including phenoxy) is 1. The van der Waals surface area contributed by atoms with Gasteiger partial charge in [0.1, 0.15) is 5.82 Å². The number of rotatable bonds is 4. The van der Waals surface area contributed by atoms with Crippen LogP contribution in [0.1, 0.15) is 51.0 Å². The van der Waals surface area contributed by atoms with E-state index in [9.17, 15) is 4.79 Å². The zero-order valence-corrected chi connectivity index (χ0v) is 13.0. The lowest BCUT2D eigenvalue weighted by atomic mass is 9.96. The molecule has 0 aromatic carbocycles. The van der Waals surface area contributed by atoms with Gasteiger partial charge in [-0.1, -0.05) is 26.8 Å². The van der Waals surface area contributed by atoms with E-state index in [1.54, 1.807) is 7.11 Å². The maximum Gasteiger partial charge on any atom is 0.230 e. The first kappa shape index (κ1) is 15.0. The van der Waals surface area contributed by atoms with Crippen molar-refractivity contribution in [1.82, 2.24) is 4.98 Å². The Labute approximate surface area is 120 Å². The first-order valence-electron chi connectivity index (χ1n) is 7.14. The molecule has 2 rings (SSSR count). The van der Waals surface area contributed by atoms with Crippen LogP contribution in [-0.2, 0) is 9.53 Å². The van der Waals surface area contributed by atoms with Gasteiger partial charge in [-0.2, -0.15) is 0 Å². The molecule has 1 aromatic heterocycles. The number of aryl methyl sites for hydroxylation is 1. The van der Waals surface area contributed by atoms with Gasteiger partial charge in [-0.15, -0.1) is 0 Å². The Morgan fingerprint density at radius 2 is 2.05 bits per heavy atom. The second-order valence-electron chi connectivity index (χ2n) is 6.57. The van der Waals surface area contributed by atoms with Gasteiger partial charge >= 0.3 is 0 Å². The lowest BCUT2D eigenvalue weighted by Gasteiger charge is -2.20. The summed E-state index contributed by atoms with van der Waals surface area (Å²) < 4.78 is 5.59. The minimum Gasteiger partial charge on any atom is -0.376 e. The summed E-state index contributed by atoms with van der Waals surface area (Å²) in [6.07, 6.45) is 2.58. The Morgan fingerprint density at radius 1 is 1.40 bits per heavy atom. The number of pyridine rings is 1. The molecule has 4 heteroatoms. The number of anilines is 1. The molecule has 1 aromatic rings. The van der Waals surface area contributed by atoms with E-state index in [2.05, 4.69) is 10.3 Å². The maximum absolute atomic E-state index is 12.0. The second kappa shape index (κ2) is 5.52. The summed E-state index contributed by atoms with van der Waals surface area (Å²) in [6, 6.07) is 3.88. The van der Waals surface area contributed by atoms with E-state index >= 15 is 0 Å². The molecular weight excluding hydrogens is 252 g/mol. The predicted octanol–water partition coefficient (Wildman–Crippen LogP) is 3.47. The zero-order valence-electron chi connectivity index (χ0n) is 13.0. The van der Waals surface area contributed by atoms with Gasteiger partial charge < -0.3 is 10.1 Å². The smallest absolute Gasteiger partial charge is 0.230 e. The number of hydrogen-bond acceptors (Lipinski definition) is 3. The Balaban J connectivity index is 2.15. The Hall–Kier alpha value is -1.42. The molecule has 1 N–H and O–H groups in total. The first-order chi connectivity index (χ1) is 9.32. The van der Waals surface area contributed by atoms with Crippen LogP contribution in [0.2, 0.25) is 0 Å². The van der Waals surface area contributed by atoms with Gasteiger partial charge in [-0.25, -0.2) is 4.98 Å². The molecule has 1 heterocycles. The third-order valence-electron chi connectivity index (χ3n) is 3.66. The predicted molar refractivity (Wildman–Crippen MR) is 79.5 cm³/mol. The van der Waals surface area contributed by atoms with Crippen LogP contribution < -0.4 is 5.32 Å². The fraction of sp³-hybridized carbons (Fsp3) is 0.625. The molecule has 0 aliphatic heterocycles. The summed E-state index contributed by atoms with van der Waals surface area (Å²) >= 11 is 0. The Morgan fingerprint density at radius 3 is 2.50 bits per heavy atom. The number of hydrogen-bond donors (Lipinski definition) is 1. The molecule has 1 atom stereocenters. The van der Waals surface area contributed by atoms with E-state index in [0.29, 0.717) is 11.7 Å². The van der Waals surface area contributed by atoms with Crippen molar-refractivity contribution in [2.75, 3.05) is 12.4 Å². The van der Waals surface area contributed by atoms with Crippen molar-refractivity contribution in [2.24, 2.45) is 11.3 Å². The fourth-order valence-corrected chi connectivity index (χ4v) is 2.22. The summed E-state index contributed by atoms with van der Waals surface area (Å²) in [5.74, 6) is 1.20. The normalized spacial score (nSPS) is 16.9. The standard InChI is InChI=1S/C16H24N2O2/c1-10-12(14(20-5)11-6-7-11)8-9-13(17-10)18-15(19)16(2,3)4/h8-9,11,14H,6-7H2,1-5H3,(H,17,18,19). The maximum atomic E-state index is 12.0. The third-order valence-corrected chi connectivity index (χ3v) is 3.66. The summed E-state index contributed by atoms with van der Waals surface area (Å²) in [4.78, 5) is 16.5. The summed E-state index contributed by atoms with van der Waals surface area (Å²) in [6.45, 7) is 7.63. The van der Waals surface area contributed by atoms with E-state index in [-0.39, 0.29) is 12.0 Å². The van der Waals surface area contributed by atoms with Crippen LogP contribution in [-0.4, -0.2) is 18.0 Å². The lowest BCUT2D eigenvalue weighted by Crippen LogP contribution is -2.28. The minimum atomic E-state index is -0.419. The molecule has 110 valence electrons. The lowest BCUT2D eigenvalue weighted by molar-refractivity contribution is -0.123. The average Bonchev–Trinajstić information content (AvgIpc) is 3.16. The summed E-state index contributed by atoms with van der Waals surface area (Å²) in [5.41, 5.74) is 1.64. The SMILES string of the molecule is COC(c1ccc(NC(=O)C(C)(C)C)nc1C)C1CC1. The summed E-state index contributed by atoms with van der Waals surface area (Å²) in [5, 5.41) is 2.86.